The standard InChI is InChI=1S/C20H19N3OS/c1-22-10-6-15-12-17(4-5-18(15)22)21-20(24)13-19(16-7-11-25-14-16)23-8-2-3-9-23/h2-12,14,19H,13H2,1H3,(H,21,24). The van der Waals surface area contributed by atoms with Crippen LogP contribution < -0.4 is 5.32 Å². The summed E-state index contributed by atoms with van der Waals surface area (Å²) in [6.07, 6.45) is 6.43. The third-order valence-corrected chi connectivity index (χ3v) is 5.16. The highest BCUT2D eigenvalue weighted by Gasteiger charge is 2.18. The number of fused-ring (bicyclic) bond motifs is 1. The number of carbonyl (C=O) groups is 1. The molecule has 5 heteroatoms. The highest BCUT2D eigenvalue weighted by Crippen LogP contribution is 2.26. The van der Waals surface area contributed by atoms with E-state index in [0.29, 0.717) is 6.42 Å². The van der Waals surface area contributed by atoms with E-state index < -0.39 is 0 Å². The summed E-state index contributed by atoms with van der Waals surface area (Å²) in [6, 6.07) is 14.1. The molecule has 25 heavy (non-hydrogen) atoms. The van der Waals surface area contributed by atoms with Crippen LogP contribution in [0.5, 0.6) is 0 Å². The van der Waals surface area contributed by atoms with Gasteiger partial charge in [0.25, 0.3) is 0 Å². The van der Waals surface area contributed by atoms with Crippen molar-refractivity contribution in [3.05, 3.63) is 77.4 Å². The number of thiophene rings is 1. The summed E-state index contributed by atoms with van der Waals surface area (Å²) in [5.74, 6) is 0.0141. The molecule has 0 spiro atoms. The van der Waals surface area contributed by atoms with E-state index in [9.17, 15) is 4.79 Å². The van der Waals surface area contributed by atoms with Crippen molar-refractivity contribution in [1.29, 1.82) is 0 Å². The van der Waals surface area contributed by atoms with Crippen molar-refractivity contribution in [2.24, 2.45) is 7.05 Å². The Bertz CT molecular complexity index is 949. The number of anilines is 1. The number of aryl methyl sites for hydroxylation is 1. The zero-order chi connectivity index (χ0) is 17.2. The van der Waals surface area contributed by atoms with Gasteiger partial charge < -0.3 is 14.5 Å². The molecule has 0 saturated heterocycles. The van der Waals surface area contributed by atoms with Gasteiger partial charge in [0.2, 0.25) is 5.91 Å². The van der Waals surface area contributed by atoms with E-state index in [0.717, 1.165) is 22.2 Å². The lowest BCUT2D eigenvalue weighted by Crippen LogP contribution is -2.19. The van der Waals surface area contributed by atoms with Crippen LogP contribution in [0.1, 0.15) is 18.0 Å². The van der Waals surface area contributed by atoms with Gasteiger partial charge in [-0.3, -0.25) is 4.79 Å². The highest BCUT2D eigenvalue weighted by atomic mass is 32.1. The van der Waals surface area contributed by atoms with E-state index in [1.165, 1.54) is 0 Å². The summed E-state index contributed by atoms with van der Waals surface area (Å²) in [7, 11) is 2.02. The van der Waals surface area contributed by atoms with Crippen molar-refractivity contribution >= 4 is 33.8 Å². The van der Waals surface area contributed by atoms with E-state index in [1.54, 1.807) is 11.3 Å². The molecule has 4 nitrogen and oxygen atoms in total. The first-order valence-electron chi connectivity index (χ1n) is 8.20. The van der Waals surface area contributed by atoms with E-state index in [4.69, 9.17) is 0 Å². The van der Waals surface area contributed by atoms with Gasteiger partial charge in [-0.25, -0.2) is 0 Å². The Labute approximate surface area is 150 Å². The van der Waals surface area contributed by atoms with Gasteiger partial charge in [0.1, 0.15) is 0 Å². The molecule has 1 unspecified atom stereocenters. The third kappa shape index (κ3) is 3.23. The van der Waals surface area contributed by atoms with E-state index in [-0.39, 0.29) is 11.9 Å². The summed E-state index contributed by atoms with van der Waals surface area (Å²) in [6.45, 7) is 0. The molecule has 3 heterocycles. The van der Waals surface area contributed by atoms with Gasteiger partial charge in [0.05, 0.1) is 12.5 Å². The molecular weight excluding hydrogens is 330 g/mol. The normalized spacial score (nSPS) is 12.4. The van der Waals surface area contributed by atoms with Gasteiger partial charge >= 0.3 is 0 Å². The maximum absolute atomic E-state index is 12.6. The van der Waals surface area contributed by atoms with Crippen molar-refractivity contribution in [2.75, 3.05) is 5.32 Å². The first-order valence-corrected chi connectivity index (χ1v) is 9.14. The largest absolute Gasteiger partial charge is 0.351 e. The number of amides is 1. The van der Waals surface area contributed by atoms with Crippen LogP contribution in [0.4, 0.5) is 5.69 Å². The zero-order valence-electron chi connectivity index (χ0n) is 13.9. The molecule has 1 amide bonds. The summed E-state index contributed by atoms with van der Waals surface area (Å²) in [5.41, 5.74) is 3.15. The van der Waals surface area contributed by atoms with Crippen molar-refractivity contribution < 1.29 is 4.79 Å². The monoisotopic (exact) mass is 349 g/mol. The van der Waals surface area contributed by atoms with Gasteiger partial charge in [0, 0.05) is 42.2 Å². The lowest BCUT2D eigenvalue weighted by Gasteiger charge is -2.18. The van der Waals surface area contributed by atoms with Crippen LogP contribution in [0, 0.1) is 0 Å². The summed E-state index contributed by atoms with van der Waals surface area (Å²) in [4.78, 5) is 12.6. The predicted molar refractivity (Wildman–Crippen MR) is 103 cm³/mol. The lowest BCUT2D eigenvalue weighted by molar-refractivity contribution is -0.116. The van der Waals surface area contributed by atoms with Crippen LogP contribution in [0.3, 0.4) is 0 Å². The number of benzene rings is 1. The maximum Gasteiger partial charge on any atom is 0.226 e. The fourth-order valence-electron chi connectivity index (χ4n) is 3.16. The highest BCUT2D eigenvalue weighted by molar-refractivity contribution is 7.08. The summed E-state index contributed by atoms with van der Waals surface area (Å²) in [5, 5.41) is 8.32. The first-order chi connectivity index (χ1) is 12.2. The SMILES string of the molecule is Cn1ccc2cc(NC(=O)CC(c3ccsc3)n3cccc3)ccc21. The molecule has 0 fully saturated rings. The molecule has 1 N–H and O–H groups in total. The maximum atomic E-state index is 12.6. The van der Waals surface area contributed by atoms with Crippen LogP contribution in [-0.4, -0.2) is 15.0 Å². The van der Waals surface area contributed by atoms with Gasteiger partial charge in [-0.2, -0.15) is 11.3 Å². The molecule has 4 rings (SSSR count). The Morgan fingerprint density at radius 3 is 2.76 bits per heavy atom. The smallest absolute Gasteiger partial charge is 0.226 e. The van der Waals surface area contributed by atoms with Crippen LogP contribution >= 0.6 is 11.3 Å². The number of nitrogens with one attached hydrogen (secondary N) is 1. The average molecular weight is 349 g/mol. The molecule has 0 bridgehead atoms. The molecule has 0 saturated carbocycles. The van der Waals surface area contributed by atoms with Crippen molar-refractivity contribution in [3.8, 4) is 0 Å². The molecule has 1 atom stereocenters. The van der Waals surface area contributed by atoms with Crippen molar-refractivity contribution in [2.45, 2.75) is 12.5 Å². The topological polar surface area (TPSA) is 39.0 Å². The van der Waals surface area contributed by atoms with Gasteiger partial charge in [-0.05, 0) is 58.8 Å². The number of rotatable bonds is 5. The average Bonchev–Trinajstić information content (AvgIpc) is 3.35. The Morgan fingerprint density at radius 1 is 1.16 bits per heavy atom. The van der Waals surface area contributed by atoms with Crippen LogP contribution in [0.15, 0.2) is 71.8 Å². The fourth-order valence-corrected chi connectivity index (χ4v) is 3.87. The minimum Gasteiger partial charge on any atom is -0.351 e. The number of hydrogen-bond acceptors (Lipinski definition) is 2. The third-order valence-electron chi connectivity index (χ3n) is 4.46. The van der Waals surface area contributed by atoms with Crippen molar-refractivity contribution in [3.63, 3.8) is 0 Å². The van der Waals surface area contributed by atoms with E-state index >= 15 is 0 Å². The van der Waals surface area contributed by atoms with Crippen LogP contribution in [-0.2, 0) is 11.8 Å². The Hall–Kier alpha value is -2.79. The van der Waals surface area contributed by atoms with Crippen LogP contribution in [0.2, 0.25) is 0 Å². The predicted octanol–water partition coefficient (Wildman–Crippen LogP) is 4.66. The molecular formula is C20H19N3OS. The lowest BCUT2D eigenvalue weighted by atomic mass is 10.1. The molecule has 0 aliphatic rings. The minimum absolute atomic E-state index is 0.0141. The molecule has 1 aromatic carbocycles. The number of nitrogens with zero attached hydrogens (tertiary/aromatic N) is 2. The van der Waals surface area contributed by atoms with Gasteiger partial charge in [-0.1, -0.05) is 0 Å². The number of hydrogen-bond donors (Lipinski definition) is 1. The molecule has 0 aliphatic carbocycles. The van der Waals surface area contributed by atoms with Gasteiger partial charge in [-0.15, -0.1) is 0 Å². The Balaban J connectivity index is 1.53. The Morgan fingerprint density at radius 2 is 2.00 bits per heavy atom. The fraction of sp³-hybridized carbons (Fsp3) is 0.150. The molecule has 3 aromatic heterocycles. The van der Waals surface area contributed by atoms with E-state index in [1.807, 2.05) is 61.4 Å². The second-order valence-corrected chi connectivity index (χ2v) is 6.94. The first kappa shape index (κ1) is 15.7. The zero-order valence-corrected chi connectivity index (χ0v) is 14.7. The second-order valence-electron chi connectivity index (χ2n) is 6.16. The number of carbonyl (C=O) groups excluding carboxylic acids is 1. The van der Waals surface area contributed by atoms with Crippen LogP contribution in [0.25, 0.3) is 10.9 Å². The number of aromatic nitrogens is 2. The van der Waals surface area contributed by atoms with Crippen molar-refractivity contribution in [1.82, 2.24) is 9.13 Å². The quantitative estimate of drug-likeness (QED) is 0.559. The Kier molecular flexibility index (Phi) is 4.15. The summed E-state index contributed by atoms with van der Waals surface area (Å²) >= 11 is 1.65. The summed E-state index contributed by atoms with van der Waals surface area (Å²) < 4.78 is 4.15. The van der Waals surface area contributed by atoms with E-state index in [2.05, 4.69) is 32.0 Å². The molecule has 126 valence electrons. The minimum atomic E-state index is 0.0141. The molecule has 0 aliphatic heterocycles. The van der Waals surface area contributed by atoms with Gasteiger partial charge in [0.15, 0.2) is 0 Å². The second kappa shape index (κ2) is 6.61. The molecule has 0 radical (unpaired) electrons. The molecule has 4 aromatic rings.